The number of ether oxygens (including phenoxy) is 1. The van der Waals surface area contributed by atoms with Gasteiger partial charge in [-0.1, -0.05) is 30.3 Å². The minimum Gasteiger partial charge on any atom is -0.396 e. The first kappa shape index (κ1) is 17.0. The number of aryl methyl sites for hydroxylation is 1. The third-order valence-electron chi connectivity index (χ3n) is 4.81. The van der Waals surface area contributed by atoms with E-state index in [9.17, 15) is 5.11 Å². The number of fused-ring (bicyclic) bond motifs is 1. The van der Waals surface area contributed by atoms with Crippen LogP contribution in [0.1, 0.15) is 18.9 Å². The summed E-state index contributed by atoms with van der Waals surface area (Å²) >= 11 is 0. The monoisotopic (exact) mass is 352 g/mol. The number of rotatable bonds is 4. The van der Waals surface area contributed by atoms with Gasteiger partial charge < -0.3 is 14.7 Å². The highest BCUT2D eigenvalue weighted by Gasteiger charge is 2.26. The van der Waals surface area contributed by atoms with Crippen LogP contribution in [0.3, 0.4) is 0 Å². The second kappa shape index (κ2) is 7.05. The fraction of sp³-hybridized carbons (Fsp3) is 0.400. The summed E-state index contributed by atoms with van der Waals surface area (Å²) in [5.74, 6) is 0.929. The average Bonchev–Trinajstić information content (AvgIpc) is 3.03. The maximum atomic E-state index is 9.28. The molecule has 0 saturated carbocycles. The first-order valence-corrected chi connectivity index (χ1v) is 9.08. The summed E-state index contributed by atoms with van der Waals surface area (Å²) < 4.78 is 7.85. The first-order valence-electron chi connectivity index (χ1n) is 9.08. The van der Waals surface area contributed by atoms with Gasteiger partial charge in [0.15, 0.2) is 5.65 Å². The van der Waals surface area contributed by atoms with Crippen molar-refractivity contribution in [3.8, 4) is 11.3 Å². The number of benzene rings is 1. The van der Waals surface area contributed by atoms with E-state index in [4.69, 9.17) is 9.72 Å². The molecule has 2 atom stereocenters. The fourth-order valence-corrected chi connectivity index (χ4v) is 3.57. The number of aromatic nitrogens is 3. The second-order valence-electron chi connectivity index (χ2n) is 6.91. The Hall–Kier alpha value is -2.44. The van der Waals surface area contributed by atoms with Gasteiger partial charge in [0.1, 0.15) is 5.82 Å². The number of aliphatic hydroxyl groups is 1. The second-order valence-corrected chi connectivity index (χ2v) is 6.91. The lowest BCUT2D eigenvalue weighted by atomic mass is 10.1. The van der Waals surface area contributed by atoms with Crippen molar-refractivity contribution in [1.82, 2.24) is 14.6 Å². The van der Waals surface area contributed by atoms with Crippen LogP contribution < -0.4 is 4.90 Å². The highest BCUT2D eigenvalue weighted by molar-refractivity contribution is 5.68. The van der Waals surface area contributed by atoms with Crippen LogP contribution in [0, 0.1) is 6.92 Å². The Bertz CT molecular complexity index is 893. The molecular weight excluding hydrogens is 328 g/mol. The molecule has 2 unspecified atom stereocenters. The SMILES string of the molecule is Cc1cnn2c(-c3ccccc3)cc(N3CC(C)OC(CCO)C3)nc12. The van der Waals surface area contributed by atoms with E-state index in [1.807, 2.05) is 35.8 Å². The summed E-state index contributed by atoms with van der Waals surface area (Å²) in [5, 5.41) is 13.8. The van der Waals surface area contributed by atoms with Gasteiger partial charge in [0.05, 0.1) is 24.1 Å². The summed E-state index contributed by atoms with van der Waals surface area (Å²) in [7, 11) is 0. The number of nitrogens with zero attached hydrogens (tertiary/aromatic N) is 4. The van der Waals surface area contributed by atoms with Crippen molar-refractivity contribution in [1.29, 1.82) is 0 Å². The summed E-state index contributed by atoms with van der Waals surface area (Å²) in [6.45, 7) is 5.75. The number of anilines is 1. The number of hydrogen-bond acceptors (Lipinski definition) is 5. The molecule has 26 heavy (non-hydrogen) atoms. The van der Waals surface area contributed by atoms with Gasteiger partial charge in [0.25, 0.3) is 0 Å². The Morgan fingerprint density at radius 3 is 2.81 bits per heavy atom. The van der Waals surface area contributed by atoms with Gasteiger partial charge in [-0.3, -0.25) is 0 Å². The molecule has 0 amide bonds. The Kier molecular flexibility index (Phi) is 4.61. The lowest BCUT2D eigenvalue weighted by molar-refractivity contribution is -0.0265. The van der Waals surface area contributed by atoms with E-state index in [0.29, 0.717) is 6.42 Å². The molecule has 1 aliphatic heterocycles. The molecule has 4 rings (SSSR count). The minimum absolute atomic E-state index is 0.0213. The summed E-state index contributed by atoms with van der Waals surface area (Å²) in [6, 6.07) is 12.4. The van der Waals surface area contributed by atoms with Crippen molar-refractivity contribution in [3.05, 3.63) is 48.2 Å². The van der Waals surface area contributed by atoms with Gasteiger partial charge in [0.2, 0.25) is 0 Å². The van der Waals surface area contributed by atoms with Crippen molar-refractivity contribution < 1.29 is 9.84 Å². The highest BCUT2D eigenvalue weighted by Crippen LogP contribution is 2.28. The van der Waals surface area contributed by atoms with Crippen LogP contribution in [-0.2, 0) is 4.74 Å². The van der Waals surface area contributed by atoms with Crippen molar-refractivity contribution in [2.45, 2.75) is 32.5 Å². The zero-order chi connectivity index (χ0) is 18.1. The van der Waals surface area contributed by atoms with Crippen molar-refractivity contribution in [2.24, 2.45) is 0 Å². The Morgan fingerprint density at radius 1 is 1.23 bits per heavy atom. The molecule has 1 aliphatic rings. The smallest absolute Gasteiger partial charge is 0.160 e. The van der Waals surface area contributed by atoms with E-state index in [2.05, 4.69) is 35.1 Å². The van der Waals surface area contributed by atoms with Gasteiger partial charge in [-0.25, -0.2) is 9.50 Å². The van der Waals surface area contributed by atoms with Crippen LogP contribution in [0.25, 0.3) is 16.9 Å². The van der Waals surface area contributed by atoms with Gasteiger partial charge in [-0.15, -0.1) is 0 Å². The molecule has 136 valence electrons. The van der Waals surface area contributed by atoms with Gasteiger partial charge in [-0.05, 0) is 20.3 Å². The van der Waals surface area contributed by atoms with E-state index in [1.165, 1.54) is 0 Å². The quantitative estimate of drug-likeness (QED) is 0.782. The zero-order valence-corrected chi connectivity index (χ0v) is 15.2. The predicted octanol–water partition coefficient (Wildman–Crippen LogP) is 2.68. The van der Waals surface area contributed by atoms with Crippen molar-refractivity contribution in [2.75, 3.05) is 24.6 Å². The molecular formula is C20H24N4O2. The van der Waals surface area contributed by atoms with Crippen molar-refractivity contribution in [3.63, 3.8) is 0 Å². The molecule has 3 aromatic rings. The minimum atomic E-state index is 0.0213. The van der Waals surface area contributed by atoms with Crippen molar-refractivity contribution >= 4 is 11.5 Å². The first-order chi connectivity index (χ1) is 12.7. The summed E-state index contributed by atoms with van der Waals surface area (Å²) in [6.07, 6.45) is 2.62. The maximum Gasteiger partial charge on any atom is 0.160 e. The number of morpholine rings is 1. The Labute approximate surface area is 153 Å². The van der Waals surface area contributed by atoms with Crippen LogP contribution in [0.2, 0.25) is 0 Å². The van der Waals surface area contributed by atoms with Gasteiger partial charge in [0, 0.05) is 36.9 Å². The lowest BCUT2D eigenvalue weighted by Gasteiger charge is -2.37. The molecule has 6 heteroatoms. The number of hydrogen-bond donors (Lipinski definition) is 1. The average molecular weight is 352 g/mol. The molecule has 2 aromatic heterocycles. The Balaban J connectivity index is 1.79. The van der Waals surface area contributed by atoms with Crippen LogP contribution in [0.15, 0.2) is 42.6 Å². The highest BCUT2D eigenvalue weighted by atomic mass is 16.5. The standard InChI is InChI=1S/C20H24N4O2/c1-14-11-21-24-18(16-6-4-3-5-7-16)10-19(22-20(14)24)23-12-15(2)26-17(13-23)8-9-25/h3-7,10-11,15,17,25H,8-9,12-13H2,1-2H3. The molecule has 0 radical (unpaired) electrons. The van der Waals surface area contributed by atoms with Gasteiger partial charge >= 0.3 is 0 Å². The van der Waals surface area contributed by atoms with Crippen LogP contribution in [0.5, 0.6) is 0 Å². The van der Waals surface area contributed by atoms with E-state index in [-0.39, 0.29) is 18.8 Å². The molecule has 6 nitrogen and oxygen atoms in total. The van der Waals surface area contributed by atoms with E-state index >= 15 is 0 Å². The molecule has 0 spiro atoms. The molecule has 1 aromatic carbocycles. The normalized spacial score (nSPS) is 20.7. The van der Waals surface area contributed by atoms with E-state index in [0.717, 1.165) is 41.4 Å². The third kappa shape index (κ3) is 3.18. The third-order valence-corrected chi connectivity index (χ3v) is 4.81. The lowest BCUT2D eigenvalue weighted by Crippen LogP contribution is -2.47. The Morgan fingerprint density at radius 2 is 2.04 bits per heavy atom. The number of aliphatic hydroxyl groups excluding tert-OH is 1. The summed E-state index contributed by atoms with van der Waals surface area (Å²) in [5.41, 5.74) is 4.06. The molecule has 1 N–H and O–H groups in total. The predicted molar refractivity (Wildman–Crippen MR) is 101 cm³/mol. The summed E-state index contributed by atoms with van der Waals surface area (Å²) in [4.78, 5) is 7.14. The van der Waals surface area contributed by atoms with Crippen LogP contribution >= 0.6 is 0 Å². The molecule has 1 saturated heterocycles. The maximum absolute atomic E-state index is 9.28. The fourth-order valence-electron chi connectivity index (χ4n) is 3.57. The zero-order valence-electron chi connectivity index (χ0n) is 15.2. The topological polar surface area (TPSA) is 62.9 Å². The van der Waals surface area contributed by atoms with Crippen LogP contribution in [0.4, 0.5) is 5.82 Å². The van der Waals surface area contributed by atoms with Gasteiger partial charge in [-0.2, -0.15) is 5.10 Å². The van der Waals surface area contributed by atoms with E-state index in [1.54, 1.807) is 0 Å². The largest absolute Gasteiger partial charge is 0.396 e. The molecule has 0 bridgehead atoms. The van der Waals surface area contributed by atoms with Crippen LogP contribution in [-0.4, -0.2) is 51.6 Å². The molecule has 1 fully saturated rings. The molecule has 3 heterocycles. The molecule has 0 aliphatic carbocycles. The van der Waals surface area contributed by atoms with E-state index < -0.39 is 0 Å².